The second-order valence-corrected chi connectivity index (χ2v) is 6.46. The van der Waals surface area contributed by atoms with Gasteiger partial charge in [-0.25, -0.2) is 13.4 Å². The van der Waals surface area contributed by atoms with Crippen molar-refractivity contribution in [2.45, 2.75) is 36.4 Å². The van der Waals surface area contributed by atoms with Crippen molar-refractivity contribution < 1.29 is 8.42 Å². The molecule has 5 nitrogen and oxygen atoms in total. The predicted molar refractivity (Wildman–Crippen MR) is 62.8 cm³/mol. The molecule has 1 aromatic heterocycles. The first-order valence-corrected chi connectivity index (χ1v) is 7.21. The molecule has 0 aromatic carbocycles. The summed E-state index contributed by atoms with van der Waals surface area (Å²) in [7, 11) is -1.65. The molecule has 1 fully saturated rings. The van der Waals surface area contributed by atoms with Crippen molar-refractivity contribution in [2.75, 3.05) is 0 Å². The van der Waals surface area contributed by atoms with E-state index in [2.05, 4.69) is 11.1 Å². The van der Waals surface area contributed by atoms with Crippen molar-refractivity contribution in [2.24, 2.45) is 7.05 Å². The lowest BCUT2D eigenvalue weighted by Gasteiger charge is -2.29. The Kier molecular flexibility index (Phi) is 2.38. The van der Waals surface area contributed by atoms with E-state index in [1.165, 1.54) is 6.33 Å². The van der Waals surface area contributed by atoms with E-state index in [1.807, 2.05) is 6.08 Å². The number of rotatable bonds is 2. The second kappa shape index (κ2) is 3.68. The quantitative estimate of drug-likeness (QED) is 0.736. The van der Waals surface area contributed by atoms with Gasteiger partial charge in [0.25, 0.3) is 10.0 Å². The van der Waals surface area contributed by atoms with Gasteiger partial charge in [0.15, 0.2) is 5.03 Å². The molecule has 17 heavy (non-hydrogen) atoms. The Hall–Kier alpha value is -1.14. The molecule has 0 saturated carbocycles. The summed E-state index contributed by atoms with van der Waals surface area (Å²) in [5.41, 5.74) is 0. The van der Waals surface area contributed by atoms with E-state index in [4.69, 9.17) is 0 Å². The molecule has 92 valence electrons. The zero-order valence-electron chi connectivity index (χ0n) is 9.65. The van der Waals surface area contributed by atoms with Crippen LogP contribution >= 0.6 is 0 Å². The Bertz CT molecular complexity index is 561. The number of nitrogens with zero attached hydrogens (tertiary/aromatic N) is 3. The zero-order chi connectivity index (χ0) is 12.0. The van der Waals surface area contributed by atoms with E-state index < -0.39 is 10.0 Å². The minimum Gasteiger partial charge on any atom is -0.339 e. The summed E-state index contributed by atoms with van der Waals surface area (Å²) >= 11 is 0. The second-order valence-electron chi connectivity index (χ2n) is 4.67. The summed E-state index contributed by atoms with van der Waals surface area (Å²) in [6, 6.07) is 0.151. The van der Waals surface area contributed by atoms with Crippen LogP contribution in [0.15, 0.2) is 29.7 Å². The Morgan fingerprint density at radius 3 is 2.88 bits per heavy atom. The lowest BCUT2D eigenvalue weighted by Crippen LogP contribution is -2.42. The molecule has 0 spiro atoms. The van der Waals surface area contributed by atoms with Crippen LogP contribution < -0.4 is 0 Å². The molecular formula is C11H15N3O2S. The van der Waals surface area contributed by atoms with Gasteiger partial charge in [-0.3, -0.25) is 0 Å². The maximum Gasteiger partial charge on any atom is 0.262 e. The van der Waals surface area contributed by atoms with Crippen LogP contribution in [0.3, 0.4) is 0 Å². The first-order chi connectivity index (χ1) is 8.09. The number of hydrogen-bond acceptors (Lipinski definition) is 3. The molecule has 0 aliphatic carbocycles. The molecule has 2 aliphatic heterocycles. The van der Waals surface area contributed by atoms with Crippen molar-refractivity contribution in [3.8, 4) is 0 Å². The van der Waals surface area contributed by atoms with Gasteiger partial charge in [0, 0.05) is 25.3 Å². The average molecular weight is 253 g/mol. The number of aromatic nitrogens is 2. The van der Waals surface area contributed by atoms with Crippen LogP contribution in [-0.2, 0) is 17.1 Å². The summed E-state index contributed by atoms with van der Waals surface area (Å²) in [5, 5.41) is 0.159. The fourth-order valence-electron chi connectivity index (χ4n) is 2.69. The van der Waals surface area contributed by atoms with Gasteiger partial charge >= 0.3 is 0 Å². The standard InChI is InChI=1S/C11H15N3O2S/c1-13-7-11(12-8-13)17(15,16)14-9-3-2-4-10(14)6-5-9/h2-3,7-10H,4-6H2,1H3. The van der Waals surface area contributed by atoms with Crippen molar-refractivity contribution in [1.82, 2.24) is 13.9 Å². The van der Waals surface area contributed by atoms with Crippen molar-refractivity contribution in [1.29, 1.82) is 0 Å². The average Bonchev–Trinajstić information content (AvgIpc) is 2.82. The first kappa shape index (κ1) is 11.0. The molecule has 3 heterocycles. The molecule has 3 rings (SSSR count). The molecule has 1 saturated heterocycles. The number of aryl methyl sites for hydroxylation is 1. The van der Waals surface area contributed by atoms with Gasteiger partial charge in [-0.15, -0.1) is 0 Å². The van der Waals surface area contributed by atoms with Crippen molar-refractivity contribution in [3.05, 3.63) is 24.7 Å². The zero-order valence-corrected chi connectivity index (χ0v) is 10.5. The van der Waals surface area contributed by atoms with Gasteiger partial charge in [0.1, 0.15) is 0 Å². The highest BCUT2D eigenvalue weighted by Gasteiger charge is 2.43. The van der Waals surface area contributed by atoms with E-state index in [9.17, 15) is 8.42 Å². The highest BCUT2D eigenvalue weighted by molar-refractivity contribution is 7.89. The minimum absolute atomic E-state index is 0.0285. The molecule has 2 atom stereocenters. The molecule has 1 aromatic rings. The van der Waals surface area contributed by atoms with Crippen LogP contribution in [0.5, 0.6) is 0 Å². The monoisotopic (exact) mass is 253 g/mol. The molecule has 0 radical (unpaired) electrons. The van der Waals surface area contributed by atoms with Crippen LogP contribution in [0.1, 0.15) is 19.3 Å². The molecule has 2 bridgehead atoms. The van der Waals surface area contributed by atoms with Gasteiger partial charge in [0.05, 0.1) is 6.33 Å². The van der Waals surface area contributed by atoms with E-state index >= 15 is 0 Å². The Labute approximate surface area is 101 Å². The highest BCUT2D eigenvalue weighted by atomic mass is 32.2. The van der Waals surface area contributed by atoms with Gasteiger partial charge < -0.3 is 4.57 Å². The number of sulfonamides is 1. The molecule has 2 unspecified atom stereocenters. The third-order valence-electron chi connectivity index (χ3n) is 3.47. The minimum atomic E-state index is -3.43. The summed E-state index contributed by atoms with van der Waals surface area (Å²) in [5.74, 6) is 0. The molecule has 2 aliphatic rings. The van der Waals surface area contributed by atoms with Crippen LogP contribution in [0.2, 0.25) is 0 Å². The third kappa shape index (κ3) is 1.63. The normalized spacial score (nSPS) is 28.8. The molecule has 0 amide bonds. The van der Waals surface area contributed by atoms with Crippen LogP contribution in [0.25, 0.3) is 0 Å². The largest absolute Gasteiger partial charge is 0.339 e. The summed E-state index contributed by atoms with van der Waals surface area (Å²) in [6.45, 7) is 0. The smallest absolute Gasteiger partial charge is 0.262 e. The van der Waals surface area contributed by atoms with Gasteiger partial charge in [-0.2, -0.15) is 4.31 Å². The SMILES string of the molecule is Cn1cnc(S(=O)(=O)N2C3C=CCC2CC3)c1. The fraction of sp³-hybridized carbons (Fsp3) is 0.545. The highest BCUT2D eigenvalue weighted by Crippen LogP contribution is 2.35. The van der Waals surface area contributed by atoms with Crippen molar-refractivity contribution in [3.63, 3.8) is 0 Å². The van der Waals surface area contributed by atoms with Gasteiger partial charge in [-0.1, -0.05) is 12.2 Å². The lowest BCUT2D eigenvalue weighted by atomic mass is 10.2. The maximum atomic E-state index is 12.5. The summed E-state index contributed by atoms with van der Waals surface area (Å²) < 4.78 is 28.3. The van der Waals surface area contributed by atoms with E-state index in [0.29, 0.717) is 0 Å². The Morgan fingerprint density at radius 2 is 2.24 bits per heavy atom. The van der Waals surface area contributed by atoms with Gasteiger partial charge in [-0.05, 0) is 19.3 Å². The first-order valence-electron chi connectivity index (χ1n) is 5.77. The third-order valence-corrected chi connectivity index (χ3v) is 5.34. The van der Waals surface area contributed by atoms with Crippen LogP contribution in [0.4, 0.5) is 0 Å². The summed E-state index contributed by atoms with van der Waals surface area (Å²) in [4.78, 5) is 3.97. The van der Waals surface area contributed by atoms with Crippen LogP contribution in [0, 0.1) is 0 Å². The van der Waals surface area contributed by atoms with E-state index in [-0.39, 0.29) is 17.1 Å². The lowest BCUT2D eigenvalue weighted by molar-refractivity contribution is 0.340. The Morgan fingerprint density at radius 1 is 1.41 bits per heavy atom. The Balaban J connectivity index is 2.02. The van der Waals surface area contributed by atoms with Crippen molar-refractivity contribution >= 4 is 10.0 Å². The maximum absolute atomic E-state index is 12.5. The van der Waals surface area contributed by atoms with E-state index in [0.717, 1.165) is 19.3 Å². The molecule has 0 N–H and O–H groups in total. The number of imidazole rings is 1. The summed E-state index contributed by atoms with van der Waals surface area (Å²) in [6.07, 6.45) is 9.87. The predicted octanol–water partition coefficient (Wildman–Crippen LogP) is 0.902. The fourth-order valence-corrected chi connectivity index (χ4v) is 4.50. The number of hydrogen-bond donors (Lipinski definition) is 0. The van der Waals surface area contributed by atoms with Crippen LogP contribution in [-0.4, -0.2) is 34.4 Å². The van der Waals surface area contributed by atoms with E-state index in [1.54, 1.807) is 22.1 Å². The molecule has 6 heteroatoms. The molecular weight excluding hydrogens is 238 g/mol. The van der Waals surface area contributed by atoms with Gasteiger partial charge in [0.2, 0.25) is 0 Å². The topological polar surface area (TPSA) is 55.2 Å². The number of fused-ring (bicyclic) bond motifs is 2.